The largest absolute Gasteiger partial charge is 0.496 e. The molecular formula is C19H25N3O4. The first-order valence-corrected chi connectivity index (χ1v) is 8.64. The summed E-state index contributed by atoms with van der Waals surface area (Å²) in [5, 5.41) is 0. The molecule has 0 bridgehead atoms. The lowest BCUT2D eigenvalue weighted by molar-refractivity contribution is 0.0270. The lowest BCUT2D eigenvalue weighted by Crippen LogP contribution is -2.39. The molecule has 3 rings (SSSR count). The molecule has 0 atom stereocenters. The number of ether oxygens (including phenoxy) is 2. The van der Waals surface area contributed by atoms with Crippen LogP contribution in [0.1, 0.15) is 32.8 Å². The van der Waals surface area contributed by atoms with Crippen LogP contribution in [0.4, 0.5) is 4.79 Å². The summed E-state index contributed by atoms with van der Waals surface area (Å²) in [6, 6.07) is 3.70. The van der Waals surface area contributed by atoms with Crippen molar-refractivity contribution in [3.05, 3.63) is 34.3 Å². The summed E-state index contributed by atoms with van der Waals surface area (Å²) >= 11 is 0. The van der Waals surface area contributed by atoms with Crippen LogP contribution >= 0.6 is 0 Å². The molecule has 0 aliphatic carbocycles. The summed E-state index contributed by atoms with van der Waals surface area (Å²) in [6.07, 6.45) is 2.35. The molecule has 7 nitrogen and oxygen atoms in total. The predicted molar refractivity (Wildman–Crippen MR) is 100 cm³/mol. The van der Waals surface area contributed by atoms with Gasteiger partial charge in [0.25, 0.3) is 0 Å². The van der Waals surface area contributed by atoms with Gasteiger partial charge in [-0.05, 0) is 44.9 Å². The Morgan fingerprint density at radius 2 is 2.00 bits per heavy atom. The summed E-state index contributed by atoms with van der Waals surface area (Å²) in [5.41, 5.74) is 2.85. The number of H-pyrrole nitrogens is 1. The minimum Gasteiger partial charge on any atom is -0.496 e. The number of carbonyl (C=O) groups is 1. The minimum absolute atomic E-state index is 0.165. The van der Waals surface area contributed by atoms with Gasteiger partial charge in [0.05, 0.1) is 18.1 Å². The molecular weight excluding hydrogens is 334 g/mol. The van der Waals surface area contributed by atoms with Crippen molar-refractivity contribution in [3.8, 4) is 5.75 Å². The maximum atomic E-state index is 12.2. The van der Waals surface area contributed by atoms with Crippen molar-refractivity contribution < 1.29 is 14.3 Å². The molecule has 0 saturated carbocycles. The van der Waals surface area contributed by atoms with Crippen LogP contribution in [0.15, 0.2) is 23.0 Å². The number of hydrogen-bond acceptors (Lipinski definition) is 4. The molecule has 2 aromatic rings. The summed E-state index contributed by atoms with van der Waals surface area (Å²) in [4.78, 5) is 28.8. The van der Waals surface area contributed by atoms with Gasteiger partial charge in [0.2, 0.25) is 0 Å². The van der Waals surface area contributed by atoms with Crippen molar-refractivity contribution >= 4 is 22.7 Å². The van der Waals surface area contributed by atoms with Crippen LogP contribution in [0.25, 0.3) is 16.6 Å². The van der Waals surface area contributed by atoms with Gasteiger partial charge in [0.1, 0.15) is 11.4 Å². The molecule has 0 unspecified atom stereocenters. The summed E-state index contributed by atoms with van der Waals surface area (Å²) in [5.74, 6) is 0.712. The van der Waals surface area contributed by atoms with Crippen molar-refractivity contribution in [2.75, 3.05) is 20.2 Å². The standard InChI is InChI=1S/C19H25N3O4/c1-19(2,3)26-18(24)22-10-8-12(9-11-22)15-14(25-5)7-6-13-16(15)21(4)17(23)20-13/h6-8H,9-11H2,1-5H3,(H,20,23). The van der Waals surface area contributed by atoms with Gasteiger partial charge in [0.15, 0.2) is 0 Å². The number of benzene rings is 1. The van der Waals surface area contributed by atoms with Gasteiger partial charge in [-0.15, -0.1) is 0 Å². The minimum atomic E-state index is -0.515. The fourth-order valence-electron chi connectivity index (χ4n) is 3.19. The second-order valence-corrected chi connectivity index (χ2v) is 7.43. The van der Waals surface area contributed by atoms with Crippen molar-refractivity contribution in [2.45, 2.75) is 32.8 Å². The van der Waals surface area contributed by atoms with Crippen LogP contribution in [-0.4, -0.2) is 46.3 Å². The van der Waals surface area contributed by atoms with Crippen molar-refractivity contribution in [1.82, 2.24) is 14.5 Å². The Hall–Kier alpha value is -2.70. The summed E-state index contributed by atoms with van der Waals surface area (Å²) < 4.78 is 12.6. The van der Waals surface area contributed by atoms with Gasteiger partial charge in [-0.25, -0.2) is 9.59 Å². The van der Waals surface area contributed by atoms with Gasteiger partial charge in [-0.3, -0.25) is 4.57 Å². The van der Waals surface area contributed by atoms with Crippen LogP contribution in [0.5, 0.6) is 5.75 Å². The highest BCUT2D eigenvalue weighted by atomic mass is 16.6. The van der Waals surface area contributed by atoms with E-state index in [-0.39, 0.29) is 11.8 Å². The first-order valence-electron chi connectivity index (χ1n) is 8.64. The second-order valence-electron chi connectivity index (χ2n) is 7.43. The number of imidazole rings is 1. The number of hydrogen-bond donors (Lipinski definition) is 1. The summed E-state index contributed by atoms with van der Waals surface area (Å²) in [7, 11) is 3.35. The maximum Gasteiger partial charge on any atom is 0.410 e. The maximum absolute atomic E-state index is 12.2. The Kier molecular flexibility index (Phi) is 4.56. The SMILES string of the molecule is COc1ccc2[nH]c(=O)n(C)c2c1C1=CCN(C(=O)OC(C)(C)C)CC1. The Bertz CT molecular complexity index is 931. The fourth-order valence-corrected chi connectivity index (χ4v) is 3.19. The van der Waals surface area contributed by atoms with E-state index in [1.54, 1.807) is 23.6 Å². The van der Waals surface area contributed by atoms with Gasteiger partial charge in [0, 0.05) is 25.7 Å². The molecule has 0 saturated heterocycles. The molecule has 140 valence electrons. The zero-order valence-corrected chi connectivity index (χ0v) is 15.9. The molecule has 0 fully saturated rings. The smallest absolute Gasteiger partial charge is 0.410 e. The molecule has 1 amide bonds. The van der Waals surface area contributed by atoms with E-state index in [1.807, 2.05) is 39.0 Å². The topological polar surface area (TPSA) is 76.6 Å². The number of aromatic amines is 1. The van der Waals surface area contributed by atoms with Crippen molar-refractivity contribution in [1.29, 1.82) is 0 Å². The second kappa shape index (κ2) is 6.55. The Morgan fingerprint density at radius 3 is 2.58 bits per heavy atom. The van der Waals surface area contributed by atoms with Gasteiger partial charge in [-0.2, -0.15) is 0 Å². The number of methoxy groups -OCH3 is 1. The zero-order valence-electron chi connectivity index (χ0n) is 15.9. The van der Waals surface area contributed by atoms with E-state index >= 15 is 0 Å². The molecule has 1 aliphatic rings. The van der Waals surface area contributed by atoms with E-state index in [0.717, 1.165) is 22.2 Å². The van der Waals surface area contributed by atoms with E-state index in [1.165, 1.54) is 0 Å². The average Bonchev–Trinajstić information content (AvgIpc) is 2.87. The first-order chi connectivity index (χ1) is 12.2. The highest BCUT2D eigenvalue weighted by molar-refractivity contribution is 5.93. The number of nitrogens with zero attached hydrogens (tertiary/aromatic N) is 2. The highest BCUT2D eigenvalue weighted by Crippen LogP contribution is 2.35. The molecule has 0 radical (unpaired) electrons. The van der Waals surface area contributed by atoms with Gasteiger partial charge >= 0.3 is 11.8 Å². The number of amides is 1. The molecule has 1 N–H and O–H groups in total. The van der Waals surface area contributed by atoms with E-state index in [4.69, 9.17) is 9.47 Å². The molecule has 7 heteroatoms. The third-order valence-corrected chi connectivity index (χ3v) is 4.42. The van der Waals surface area contributed by atoms with Crippen LogP contribution in [0.2, 0.25) is 0 Å². The van der Waals surface area contributed by atoms with Crippen molar-refractivity contribution in [3.63, 3.8) is 0 Å². The van der Waals surface area contributed by atoms with Crippen LogP contribution < -0.4 is 10.4 Å². The van der Waals surface area contributed by atoms with Gasteiger partial charge < -0.3 is 19.4 Å². The molecule has 1 aromatic carbocycles. The molecule has 2 heterocycles. The summed E-state index contributed by atoms with van der Waals surface area (Å²) in [6.45, 7) is 6.58. The molecule has 1 aromatic heterocycles. The zero-order chi connectivity index (χ0) is 19.1. The predicted octanol–water partition coefficient (Wildman–Crippen LogP) is 2.90. The lowest BCUT2D eigenvalue weighted by atomic mass is 9.97. The normalized spacial score (nSPS) is 15.1. The van der Waals surface area contributed by atoms with Crippen molar-refractivity contribution in [2.24, 2.45) is 7.05 Å². The van der Waals surface area contributed by atoms with Crippen LogP contribution in [0, 0.1) is 0 Å². The fraction of sp³-hybridized carbons (Fsp3) is 0.474. The Morgan fingerprint density at radius 1 is 1.27 bits per heavy atom. The average molecular weight is 359 g/mol. The number of aryl methyl sites for hydroxylation is 1. The highest BCUT2D eigenvalue weighted by Gasteiger charge is 2.26. The number of aromatic nitrogens is 2. The van der Waals surface area contributed by atoms with E-state index in [2.05, 4.69) is 4.98 Å². The monoisotopic (exact) mass is 359 g/mol. The number of fused-ring (bicyclic) bond motifs is 1. The van der Waals surface area contributed by atoms with E-state index < -0.39 is 5.60 Å². The van der Waals surface area contributed by atoms with Crippen LogP contribution in [0.3, 0.4) is 0 Å². The van der Waals surface area contributed by atoms with E-state index in [9.17, 15) is 9.59 Å². The Labute approximate surface area is 152 Å². The third-order valence-electron chi connectivity index (χ3n) is 4.42. The quantitative estimate of drug-likeness (QED) is 0.894. The number of nitrogens with one attached hydrogen (secondary N) is 1. The van der Waals surface area contributed by atoms with Crippen LogP contribution in [-0.2, 0) is 11.8 Å². The van der Waals surface area contributed by atoms with Gasteiger partial charge in [-0.1, -0.05) is 6.08 Å². The Balaban J connectivity index is 1.96. The van der Waals surface area contributed by atoms with E-state index in [0.29, 0.717) is 25.3 Å². The molecule has 0 spiro atoms. The first kappa shape index (κ1) is 18.1. The number of carbonyl (C=O) groups excluding carboxylic acids is 1. The number of rotatable bonds is 2. The molecule has 26 heavy (non-hydrogen) atoms. The lowest BCUT2D eigenvalue weighted by Gasteiger charge is -2.30. The third kappa shape index (κ3) is 3.34. The molecule has 1 aliphatic heterocycles.